The van der Waals surface area contributed by atoms with Crippen molar-refractivity contribution in [1.82, 2.24) is 9.80 Å². The lowest BCUT2D eigenvalue weighted by Gasteiger charge is -2.33. The Kier molecular flexibility index (Phi) is 4.31. The number of carbonyl (C=O) groups excluding carboxylic acids is 2. The van der Waals surface area contributed by atoms with Crippen molar-refractivity contribution in [1.29, 1.82) is 0 Å². The summed E-state index contributed by atoms with van der Waals surface area (Å²) in [5.41, 5.74) is 0.174. The molecule has 1 aromatic carbocycles. The predicted octanol–water partition coefficient (Wildman–Crippen LogP) is 2.45. The van der Waals surface area contributed by atoms with Gasteiger partial charge >= 0.3 is 11.9 Å². The quantitative estimate of drug-likeness (QED) is 0.688. The lowest BCUT2D eigenvalue weighted by Crippen LogP contribution is -2.50. The van der Waals surface area contributed by atoms with Crippen LogP contribution in [-0.4, -0.2) is 54.6 Å². The molecular formula is C19H18N2O6. The molecule has 27 heavy (non-hydrogen) atoms. The van der Waals surface area contributed by atoms with Gasteiger partial charge in [-0.2, -0.15) is 0 Å². The zero-order chi connectivity index (χ0) is 19.0. The number of hydrogen-bond acceptors (Lipinski definition) is 6. The molecule has 0 unspecified atom stereocenters. The SMILES string of the molecule is CCOC(=O)N1CCN(C(=O)c2cc3c(=O)c4ccccc4oc3o2)CC1. The summed E-state index contributed by atoms with van der Waals surface area (Å²) in [6, 6.07) is 8.28. The number of hydrogen-bond donors (Lipinski definition) is 0. The number of nitrogens with zero attached hydrogens (tertiary/aromatic N) is 2. The molecule has 3 aromatic rings. The van der Waals surface area contributed by atoms with Crippen LogP contribution in [0, 0.1) is 0 Å². The Balaban J connectivity index is 1.57. The topological polar surface area (TPSA) is 93.2 Å². The van der Waals surface area contributed by atoms with E-state index in [4.69, 9.17) is 13.6 Å². The average molecular weight is 370 g/mol. The van der Waals surface area contributed by atoms with Crippen LogP contribution in [0.3, 0.4) is 0 Å². The van der Waals surface area contributed by atoms with Gasteiger partial charge in [0.2, 0.25) is 5.43 Å². The van der Waals surface area contributed by atoms with Gasteiger partial charge in [0, 0.05) is 32.2 Å². The van der Waals surface area contributed by atoms with E-state index in [9.17, 15) is 14.4 Å². The number of piperazine rings is 1. The molecule has 2 amide bonds. The third kappa shape index (κ3) is 3.03. The fourth-order valence-corrected chi connectivity index (χ4v) is 3.16. The van der Waals surface area contributed by atoms with E-state index in [1.807, 2.05) is 0 Å². The first-order chi connectivity index (χ1) is 13.1. The molecule has 140 valence electrons. The van der Waals surface area contributed by atoms with E-state index in [1.165, 1.54) is 6.07 Å². The second-order valence-corrected chi connectivity index (χ2v) is 6.22. The molecule has 8 nitrogen and oxygen atoms in total. The highest BCUT2D eigenvalue weighted by Gasteiger charge is 2.28. The third-order valence-electron chi connectivity index (χ3n) is 4.58. The lowest BCUT2D eigenvalue weighted by molar-refractivity contribution is 0.0547. The van der Waals surface area contributed by atoms with Crippen LogP contribution >= 0.6 is 0 Å². The Bertz CT molecular complexity index is 1070. The predicted molar refractivity (Wildman–Crippen MR) is 96.8 cm³/mol. The van der Waals surface area contributed by atoms with Crippen molar-refractivity contribution in [2.45, 2.75) is 6.92 Å². The average Bonchev–Trinajstić information content (AvgIpc) is 3.12. The van der Waals surface area contributed by atoms with Crippen molar-refractivity contribution in [3.8, 4) is 0 Å². The number of para-hydroxylation sites is 1. The summed E-state index contributed by atoms with van der Waals surface area (Å²) in [5, 5.41) is 0.676. The maximum atomic E-state index is 12.7. The van der Waals surface area contributed by atoms with Gasteiger partial charge in [-0.3, -0.25) is 9.59 Å². The van der Waals surface area contributed by atoms with Crippen molar-refractivity contribution in [3.05, 3.63) is 46.3 Å². The minimum atomic E-state index is -0.380. The molecule has 1 aliphatic heterocycles. The molecular weight excluding hydrogens is 352 g/mol. The largest absolute Gasteiger partial charge is 0.450 e. The van der Waals surface area contributed by atoms with Crippen LogP contribution in [0.5, 0.6) is 0 Å². The Morgan fingerprint density at radius 3 is 2.48 bits per heavy atom. The summed E-state index contributed by atoms with van der Waals surface area (Å²) in [6.45, 7) is 3.54. The van der Waals surface area contributed by atoms with E-state index < -0.39 is 0 Å². The number of rotatable bonds is 2. The smallest absolute Gasteiger partial charge is 0.409 e. The molecule has 2 aromatic heterocycles. The van der Waals surface area contributed by atoms with Gasteiger partial charge in [0.05, 0.1) is 12.0 Å². The second kappa shape index (κ2) is 6.79. The standard InChI is InChI=1S/C19H18N2O6/c1-2-25-19(24)21-9-7-20(8-10-21)17(23)15-11-13-16(22)12-5-3-4-6-14(12)26-18(13)27-15/h3-6,11H,2,7-10H2,1H3. The van der Waals surface area contributed by atoms with E-state index in [0.717, 1.165) is 0 Å². The van der Waals surface area contributed by atoms with Crippen LogP contribution in [0.4, 0.5) is 4.79 Å². The Hall–Kier alpha value is -3.29. The molecule has 0 aliphatic carbocycles. The molecule has 0 radical (unpaired) electrons. The molecule has 0 bridgehead atoms. The molecule has 8 heteroatoms. The second-order valence-electron chi connectivity index (χ2n) is 6.22. The highest BCUT2D eigenvalue weighted by atomic mass is 16.6. The number of fused-ring (bicyclic) bond motifs is 2. The van der Waals surface area contributed by atoms with E-state index in [1.54, 1.807) is 41.0 Å². The van der Waals surface area contributed by atoms with Gasteiger partial charge in [0.1, 0.15) is 11.0 Å². The summed E-state index contributed by atoms with van der Waals surface area (Å²) < 4.78 is 16.1. The van der Waals surface area contributed by atoms with E-state index in [-0.39, 0.29) is 34.4 Å². The van der Waals surface area contributed by atoms with Crippen molar-refractivity contribution >= 4 is 34.1 Å². The fourth-order valence-electron chi connectivity index (χ4n) is 3.16. The fraction of sp³-hybridized carbons (Fsp3) is 0.316. The molecule has 4 rings (SSSR count). The molecule has 0 saturated carbocycles. The van der Waals surface area contributed by atoms with Crippen molar-refractivity contribution in [2.75, 3.05) is 32.8 Å². The van der Waals surface area contributed by atoms with Crippen LogP contribution in [0.25, 0.3) is 22.1 Å². The Morgan fingerprint density at radius 1 is 1.04 bits per heavy atom. The number of ether oxygens (including phenoxy) is 1. The van der Waals surface area contributed by atoms with Gasteiger partial charge in [-0.25, -0.2) is 4.79 Å². The maximum Gasteiger partial charge on any atom is 0.409 e. The Morgan fingerprint density at radius 2 is 1.74 bits per heavy atom. The summed E-state index contributed by atoms with van der Waals surface area (Å²) in [5.74, 6) is -0.258. The van der Waals surface area contributed by atoms with Crippen LogP contribution in [-0.2, 0) is 4.74 Å². The molecule has 0 spiro atoms. The van der Waals surface area contributed by atoms with Gasteiger partial charge in [0.15, 0.2) is 5.76 Å². The number of benzene rings is 1. The monoisotopic (exact) mass is 370 g/mol. The highest BCUT2D eigenvalue weighted by Crippen LogP contribution is 2.23. The van der Waals surface area contributed by atoms with Gasteiger partial charge < -0.3 is 23.4 Å². The molecule has 1 aliphatic rings. The van der Waals surface area contributed by atoms with Gasteiger partial charge in [0.25, 0.3) is 5.91 Å². The van der Waals surface area contributed by atoms with Gasteiger partial charge in [-0.15, -0.1) is 0 Å². The lowest BCUT2D eigenvalue weighted by atomic mass is 10.2. The Labute approximate surface area is 153 Å². The van der Waals surface area contributed by atoms with E-state index >= 15 is 0 Å². The van der Waals surface area contributed by atoms with Crippen molar-refractivity contribution < 1.29 is 23.2 Å². The number of furan rings is 1. The number of amides is 2. The zero-order valence-electron chi connectivity index (χ0n) is 14.8. The normalized spacial score (nSPS) is 14.7. The first-order valence-electron chi connectivity index (χ1n) is 8.75. The summed E-state index contributed by atoms with van der Waals surface area (Å²) in [7, 11) is 0. The van der Waals surface area contributed by atoms with E-state index in [2.05, 4.69) is 0 Å². The van der Waals surface area contributed by atoms with Crippen LogP contribution in [0.1, 0.15) is 17.5 Å². The molecule has 1 saturated heterocycles. The first-order valence-corrected chi connectivity index (χ1v) is 8.75. The zero-order valence-corrected chi connectivity index (χ0v) is 14.8. The van der Waals surface area contributed by atoms with Crippen LogP contribution in [0.15, 0.2) is 44.0 Å². The highest BCUT2D eigenvalue weighted by molar-refractivity contribution is 5.97. The summed E-state index contributed by atoms with van der Waals surface area (Å²) in [4.78, 5) is 40.2. The minimum absolute atomic E-state index is 0.0345. The van der Waals surface area contributed by atoms with Crippen molar-refractivity contribution in [3.63, 3.8) is 0 Å². The van der Waals surface area contributed by atoms with Gasteiger partial charge in [-0.05, 0) is 19.1 Å². The van der Waals surface area contributed by atoms with Crippen LogP contribution in [0.2, 0.25) is 0 Å². The van der Waals surface area contributed by atoms with Crippen molar-refractivity contribution in [2.24, 2.45) is 0 Å². The first kappa shape index (κ1) is 17.1. The molecule has 0 N–H and O–H groups in total. The third-order valence-corrected chi connectivity index (χ3v) is 4.58. The minimum Gasteiger partial charge on any atom is -0.450 e. The summed E-state index contributed by atoms with van der Waals surface area (Å²) in [6.07, 6.45) is -0.380. The van der Waals surface area contributed by atoms with Gasteiger partial charge in [-0.1, -0.05) is 12.1 Å². The summed E-state index contributed by atoms with van der Waals surface area (Å²) >= 11 is 0. The maximum absolute atomic E-state index is 12.7. The molecule has 1 fully saturated rings. The van der Waals surface area contributed by atoms with Crippen LogP contribution < -0.4 is 5.43 Å². The number of carbonyl (C=O) groups is 2. The molecule has 3 heterocycles. The molecule has 0 atom stereocenters. The van der Waals surface area contributed by atoms with E-state index in [0.29, 0.717) is 43.8 Å².